The third-order valence-electron chi connectivity index (χ3n) is 4.19. The number of nitrogens with zero attached hydrogens (tertiary/aromatic N) is 1. The quantitative estimate of drug-likeness (QED) is 0.632. The summed E-state index contributed by atoms with van der Waals surface area (Å²) in [4.78, 5) is 10.5. The van der Waals surface area contributed by atoms with Gasteiger partial charge in [0.15, 0.2) is 0 Å². The second-order valence-corrected chi connectivity index (χ2v) is 5.51. The zero-order valence-electron chi connectivity index (χ0n) is 10.4. The molecule has 0 aliphatic heterocycles. The summed E-state index contributed by atoms with van der Waals surface area (Å²) >= 11 is 0. The van der Waals surface area contributed by atoms with Crippen molar-refractivity contribution < 1.29 is 4.92 Å². The molecule has 4 heteroatoms. The number of non-ortho nitro benzene ring substituents is 1. The summed E-state index contributed by atoms with van der Waals surface area (Å²) in [6.07, 6.45) is 0.912. The fourth-order valence-corrected chi connectivity index (χ4v) is 2.60. The Bertz CT molecular complexity index is 468. The van der Waals surface area contributed by atoms with Gasteiger partial charge in [0.1, 0.15) is 0 Å². The van der Waals surface area contributed by atoms with Gasteiger partial charge in [-0.2, -0.15) is 0 Å². The molecule has 0 saturated heterocycles. The maximum atomic E-state index is 10.8. The lowest BCUT2D eigenvalue weighted by molar-refractivity contribution is -0.385. The van der Waals surface area contributed by atoms with Gasteiger partial charge in [0, 0.05) is 18.2 Å². The van der Waals surface area contributed by atoms with E-state index in [1.165, 1.54) is 0 Å². The molecule has 1 aromatic carbocycles. The predicted molar refractivity (Wildman–Crippen MR) is 66.9 cm³/mol. The second kappa shape index (κ2) is 3.81. The molecule has 2 atom stereocenters. The van der Waals surface area contributed by atoms with Gasteiger partial charge < -0.3 is 5.73 Å². The van der Waals surface area contributed by atoms with Crippen LogP contribution < -0.4 is 5.73 Å². The molecule has 0 spiro atoms. The number of rotatable bonds is 2. The van der Waals surface area contributed by atoms with E-state index >= 15 is 0 Å². The molecular weight excluding hydrogens is 216 g/mol. The Labute approximate surface area is 101 Å². The normalized spacial score (nSPS) is 26.4. The second-order valence-electron chi connectivity index (χ2n) is 5.51. The third kappa shape index (κ3) is 1.82. The van der Waals surface area contributed by atoms with Gasteiger partial charge in [0.05, 0.1) is 4.92 Å². The van der Waals surface area contributed by atoms with Gasteiger partial charge in [0.25, 0.3) is 5.69 Å². The van der Waals surface area contributed by atoms with E-state index in [0.29, 0.717) is 5.92 Å². The summed E-state index contributed by atoms with van der Waals surface area (Å²) in [5.41, 5.74) is 8.38. The Morgan fingerprint density at radius 3 is 2.59 bits per heavy atom. The zero-order chi connectivity index (χ0) is 12.8. The monoisotopic (exact) mass is 234 g/mol. The molecule has 2 N–H and O–H groups in total. The first kappa shape index (κ1) is 12.0. The summed E-state index contributed by atoms with van der Waals surface area (Å²) < 4.78 is 0. The van der Waals surface area contributed by atoms with E-state index in [9.17, 15) is 10.1 Å². The molecule has 1 saturated carbocycles. The summed E-state index contributed by atoms with van der Waals surface area (Å²) in [6.45, 7) is 6.26. The van der Waals surface area contributed by atoms with E-state index in [0.717, 1.165) is 17.5 Å². The fourth-order valence-electron chi connectivity index (χ4n) is 2.60. The standard InChI is InChI=1S/C13H18N2O2/c1-8-4-5-9(15(16)17)6-10(8)11-7-12(14)13(11,2)3/h4-6,11-12H,7,14H2,1-3H3. The first-order valence-electron chi connectivity index (χ1n) is 5.84. The summed E-state index contributed by atoms with van der Waals surface area (Å²) in [6, 6.07) is 5.27. The topological polar surface area (TPSA) is 69.2 Å². The predicted octanol–water partition coefficient (Wildman–Crippen LogP) is 2.74. The first-order chi connectivity index (χ1) is 7.84. The van der Waals surface area contributed by atoms with Crippen LogP contribution in [0.2, 0.25) is 0 Å². The third-order valence-corrected chi connectivity index (χ3v) is 4.19. The minimum atomic E-state index is -0.339. The average Bonchev–Trinajstić information content (AvgIpc) is 2.26. The van der Waals surface area contributed by atoms with Crippen molar-refractivity contribution in [3.63, 3.8) is 0 Å². The fraction of sp³-hybridized carbons (Fsp3) is 0.538. The van der Waals surface area contributed by atoms with E-state index in [4.69, 9.17) is 5.73 Å². The number of hydrogen-bond donors (Lipinski definition) is 1. The Kier molecular flexibility index (Phi) is 2.70. The van der Waals surface area contributed by atoms with Crippen LogP contribution in [0, 0.1) is 22.5 Å². The highest BCUT2D eigenvalue weighted by atomic mass is 16.6. The van der Waals surface area contributed by atoms with Gasteiger partial charge in [0.2, 0.25) is 0 Å². The summed E-state index contributed by atoms with van der Waals surface area (Å²) in [5, 5.41) is 10.8. The number of hydrogen-bond acceptors (Lipinski definition) is 3. The molecule has 1 aliphatic rings. The van der Waals surface area contributed by atoms with Crippen molar-refractivity contribution in [1.29, 1.82) is 0 Å². The zero-order valence-corrected chi connectivity index (χ0v) is 10.4. The van der Waals surface area contributed by atoms with Crippen LogP contribution in [-0.4, -0.2) is 11.0 Å². The molecule has 0 amide bonds. The molecule has 0 bridgehead atoms. The minimum absolute atomic E-state index is 0.0278. The van der Waals surface area contributed by atoms with Crippen LogP contribution in [-0.2, 0) is 0 Å². The molecule has 17 heavy (non-hydrogen) atoms. The van der Waals surface area contributed by atoms with Crippen LogP contribution in [0.25, 0.3) is 0 Å². The molecule has 2 unspecified atom stereocenters. The van der Waals surface area contributed by atoms with Crippen LogP contribution >= 0.6 is 0 Å². The van der Waals surface area contributed by atoms with Gasteiger partial charge in [-0.25, -0.2) is 0 Å². The Morgan fingerprint density at radius 2 is 2.12 bits per heavy atom. The van der Waals surface area contributed by atoms with E-state index in [2.05, 4.69) is 13.8 Å². The highest BCUT2D eigenvalue weighted by Crippen LogP contribution is 2.52. The molecular formula is C13H18N2O2. The molecule has 0 aromatic heterocycles. The van der Waals surface area contributed by atoms with Crippen molar-refractivity contribution >= 4 is 5.69 Å². The lowest BCUT2D eigenvalue weighted by atomic mass is 9.56. The number of aryl methyl sites for hydroxylation is 1. The SMILES string of the molecule is Cc1ccc([N+](=O)[O-])cc1C1CC(N)C1(C)C. The van der Waals surface area contributed by atoms with E-state index in [-0.39, 0.29) is 22.1 Å². The number of benzene rings is 1. The van der Waals surface area contributed by atoms with Crippen LogP contribution in [0.3, 0.4) is 0 Å². The van der Waals surface area contributed by atoms with Crippen molar-refractivity contribution in [2.24, 2.45) is 11.1 Å². The Morgan fingerprint density at radius 1 is 1.47 bits per heavy atom. The molecule has 0 heterocycles. The van der Waals surface area contributed by atoms with Gasteiger partial charge in [-0.15, -0.1) is 0 Å². The molecule has 1 fully saturated rings. The smallest absolute Gasteiger partial charge is 0.269 e. The Hall–Kier alpha value is -1.42. The maximum absolute atomic E-state index is 10.8. The highest BCUT2D eigenvalue weighted by Gasteiger charge is 2.47. The molecule has 1 aromatic rings. The van der Waals surface area contributed by atoms with Crippen LogP contribution in [0.15, 0.2) is 18.2 Å². The van der Waals surface area contributed by atoms with E-state index in [1.54, 1.807) is 12.1 Å². The van der Waals surface area contributed by atoms with Crippen LogP contribution in [0.4, 0.5) is 5.69 Å². The molecule has 2 rings (SSSR count). The van der Waals surface area contributed by atoms with Crippen molar-refractivity contribution in [3.8, 4) is 0 Å². The van der Waals surface area contributed by atoms with Crippen molar-refractivity contribution in [1.82, 2.24) is 0 Å². The van der Waals surface area contributed by atoms with Crippen molar-refractivity contribution in [2.45, 2.75) is 39.2 Å². The average molecular weight is 234 g/mol. The molecule has 1 aliphatic carbocycles. The van der Waals surface area contributed by atoms with Gasteiger partial charge in [-0.1, -0.05) is 19.9 Å². The van der Waals surface area contributed by atoms with Crippen molar-refractivity contribution in [3.05, 3.63) is 39.4 Å². The lowest BCUT2D eigenvalue weighted by Crippen LogP contribution is -2.52. The van der Waals surface area contributed by atoms with Gasteiger partial charge >= 0.3 is 0 Å². The first-order valence-corrected chi connectivity index (χ1v) is 5.84. The highest BCUT2D eigenvalue weighted by molar-refractivity contribution is 5.43. The van der Waals surface area contributed by atoms with E-state index < -0.39 is 0 Å². The minimum Gasteiger partial charge on any atom is -0.327 e. The summed E-state index contributed by atoms with van der Waals surface area (Å²) in [7, 11) is 0. The van der Waals surface area contributed by atoms with Crippen LogP contribution in [0.5, 0.6) is 0 Å². The number of nitro groups is 1. The Balaban J connectivity index is 2.39. The maximum Gasteiger partial charge on any atom is 0.269 e. The van der Waals surface area contributed by atoms with E-state index in [1.807, 2.05) is 13.0 Å². The number of nitro benzene ring substituents is 1. The van der Waals surface area contributed by atoms with Crippen molar-refractivity contribution in [2.75, 3.05) is 0 Å². The van der Waals surface area contributed by atoms with Gasteiger partial charge in [-0.3, -0.25) is 10.1 Å². The number of nitrogens with two attached hydrogens (primary N) is 1. The lowest BCUT2D eigenvalue weighted by Gasteiger charge is -2.51. The molecule has 4 nitrogen and oxygen atoms in total. The molecule has 92 valence electrons. The van der Waals surface area contributed by atoms with Crippen LogP contribution in [0.1, 0.15) is 37.3 Å². The largest absolute Gasteiger partial charge is 0.327 e. The summed E-state index contributed by atoms with van der Waals surface area (Å²) in [5.74, 6) is 0.331. The van der Waals surface area contributed by atoms with Gasteiger partial charge in [-0.05, 0) is 35.8 Å². The molecule has 0 radical (unpaired) electrons.